The first kappa shape index (κ1) is 23.1. The highest BCUT2D eigenvalue weighted by molar-refractivity contribution is 7.89. The first-order valence-corrected chi connectivity index (χ1v) is 13.4. The van der Waals surface area contributed by atoms with Crippen molar-refractivity contribution in [2.45, 2.75) is 44.0 Å². The molecule has 9 heteroatoms. The van der Waals surface area contributed by atoms with Crippen LogP contribution in [0.25, 0.3) is 0 Å². The summed E-state index contributed by atoms with van der Waals surface area (Å²) in [6, 6.07) is 14.9. The van der Waals surface area contributed by atoms with Crippen LogP contribution in [0.5, 0.6) is 0 Å². The number of amides is 1. The Morgan fingerprint density at radius 1 is 1.03 bits per heavy atom. The van der Waals surface area contributed by atoms with E-state index in [4.69, 9.17) is 11.6 Å². The van der Waals surface area contributed by atoms with Gasteiger partial charge in [-0.15, -0.1) is 0 Å². The van der Waals surface area contributed by atoms with Crippen molar-refractivity contribution in [2.24, 2.45) is 0 Å². The molecule has 0 radical (unpaired) electrons. The largest absolute Gasteiger partial charge is 0.308 e. The lowest BCUT2D eigenvalue weighted by molar-refractivity contribution is 0.0989. The van der Waals surface area contributed by atoms with Gasteiger partial charge in [-0.2, -0.15) is 9.40 Å². The zero-order valence-corrected chi connectivity index (χ0v) is 20.6. The van der Waals surface area contributed by atoms with Crippen LogP contribution in [0.1, 0.15) is 46.4 Å². The number of carbonyl (C=O) groups is 1. The van der Waals surface area contributed by atoms with Crippen molar-refractivity contribution >= 4 is 33.2 Å². The third-order valence-electron chi connectivity index (χ3n) is 6.60. The Hall–Kier alpha value is -2.68. The van der Waals surface area contributed by atoms with E-state index < -0.39 is 10.0 Å². The fourth-order valence-electron chi connectivity index (χ4n) is 4.80. The van der Waals surface area contributed by atoms with Crippen LogP contribution < -0.4 is 4.90 Å². The molecule has 3 aromatic rings. The van der Waals surface area contributed by atoms with Crippen LogP contribution in [0.2, 0.25) is 5.15 Å². The van der Waals surface area contributed by atoms with E-state index in [0.29, 0.717) is 53.9 Å². The van der Waals surface area contributed by atoms with E-state index >= 15 is 0 Å². The number of rotatable bonds is 5. The molecule has 5 rings (SSSR count). The number of benzene rings is 2. The second kappa shape index (κ2) is 9.17. The lowest BCUT2D eigenvalue weighted by Gasteiger charge is -2.26. The molecule has 0 saturated carbocycles. The van der Waals surface area contributed by atoms with Gasteiger partial charge in [0.2, 0.25) is 10.0 Å². The van der Waals surface area contributed by atoms with Crippen molar-refractivity contribution in [1.29, 1.82) is 0 Å². The predicted molar refractivity (Wildman–Crippen MR) is 132 cm³/mol. The van der Waals surface area contributed by atoms with Gasteiger partial charge in [-0.05, 0) is 55.5 Å². The fraction of sp³-hybridized carbons (Fsp3) is 0.360. The minimum Gasteiger partial charge on any atom is -0.308 e. The molecule has 1 amide bonds. The smallest absolute Gasteiger partial charge is 0.263 e. The highest BCUT2D eigenvalue weighted by atomic mass is 35.5. The molecule has 0 unspecified atom stereocenters. The average Bonchev–Trinajstić information content (AvgIpc) is 3.39. The SMILES string of the molecule is Cc1nn(Cc2ccccc2)c(Cl)c1C(=O)N1CCc2cc(S(=O)(=O)N3CCCCC3)ccc21. The van der Waals surface area contributed by atoms with Gasteiger partial charge in [0.05, 0.1) is 22.7 Å². The summed E-state index contributed by atoms with van der Waals surface area (Å²) < 4.78 is 29.4. The van der Waals surface area contributed by atoms with Gasteiger partial charge in [-0.3, -0.25) is 4.79 Å². The van der Waals surface area contributed by atoms with Crippen molar-refractivity contribution in [3.63, 3.8) is 0 Å². The van der Waals surface area contributed by atoms with Crippen LogP contribution in [0.4, 0.5) is 5.69 Å². The minimum absolute atomic E-state index is 0.216. The average molecular weight is 499 g/mol. The number of nitrogens with zero attached hydrogens (tertiary/aromatic N) is 4. The van der Waals surface area contributed by atoms with Gasteiger partial charge in [-0.1, -0.05) is 48.4 Å². The molecule has 178 valence electrons. The van der Waals surface area contributed by atoms with Crippen LogP contribution >= 0.6 is 11.6 Å². The van der Waals surface area contributed by atoms with Crippen LogP contribution in [0, 0.1) is 6.92 Å². The molecule has 3 heterocycles. The summed E-state index contributed by atoms with van der Waals surface area (Å²) in [7, 11) is -3.52. The van der Waals surface area contributed by atoms with Crippen LogP contribution in [-0.2, 0) is 23.0 Å². The normalized spacial score (nSPS) is 16.6. The Labute approximate surface area is 205 Å². The summed E-state index contributed by atoms with van der Waals surface area (Å²) in [6.45, 7) is 3.86. The minimum atomic E-state index is -3.52. The van der Waals surface area contributed by atoms with Gasteiger partial charge in [0.1, 0.15) is 5.15 Å². The van der Waals surface area contributed by atoms with E-state index in [1.807, 2.05) is 30.3 Å². The van der Waals surface area contributed by atoms with Crippen molar-refractivity contribution in [3.05, 3.63) is 76.1 Å². The number of piperidine rings is 1. The van der Waals surface area contributed by atoms with E-state index in [1.54, 1.807) is 39.0 Å². The number of halogens is 1. The highest BCUT2D eigenvalue weighted by Gasteiger charge is 2.32. The first-order chi connectivity index (χ1) is 16.4. The van der Waals surface area contributed by atoms with Gasteiger partial charge in [0.25, 0.3) is 5.91 Å². The number of hydrogen-bond donors (Lipinski definition) is 0. The number of sulfonamides is 1. The third-order valence-corrected chi connectivity index (χ3v) is 8.88. The monoisotopic (exact) mass is 498 g/mol. The summed E-state index contributed by atoms with van der Waals surface area (Å²) in [4.78, 5) is 15.5. The van der Waals surface area contributed by atoms with Crippen molar-refractivity contribution in [2.75, 3.05) is 24.5 Å². The summed E-state index contributed by atoms with van der Waals surface area (Å²) in [5.41, 5.74) is 3.59. The molecule has 1 aromatic heterocycles. The molecule has 0 atom stereocenters. The van der Waals surface area contributed by atoms with E-state index in [2.05, 4.69) is 5.10 Å². The molecule has 2 aliphatic rings. The van der Waals surface area contributed by atoms with Crippen LogP contribution in [-0.4, -0.2) is 48.0 Å². The zero-order valence-electron chi connectivity index (χ0n) is 19.1. The topological polar surface area (TPSA) is 75.5 Å². The number of aryl methyl sites for hydroxylation is 1. The summed E-state index contributed by atoms with van der Waals surface area (Å²) in [5.74, 6) is -0.216. The maximum absolute atomic E-state index is 13.5. The molecule has 2 aliphatic heterocycles. The lowest BCUT2D eigenvalue weighted by atomic mass is 10.1. The second-order valence-electron chi connectivity index (χ2n) is 8.86. The summed E-state index contributed by atoms with van der Waals surface area (Å²) >= 11 is 6.62. The molecule has 1 fully saturated rings. The molecular formula is C25H27ClN4O3S. The Kier molecular flexibility index (Phi) is 6.22. The molecule has 0 N–H and O–H groups in total. The Bertz CT molecular complexity index is 1330. The molecule has 0 spiro atoms. The molecule has 0 bridgehead atoms. The number of carbonyl (C=O) groups excluding carboxylic acids is 1. The van der Waals surface area contributed by atoms with Crippen molar-refractivity contribution in [1.82, 2.24) is 14.1 Å². The Morgan fingerprint density at radius 3 is 2.50 bits per heavy atom. The molecular weight excluding hydrogens is 472 g/mol. The van der Waals surface area contributed by atoms with E-state index in [1.165, 1.54) is 0 Å². The third kappa shape index (κ3) is 4.15. The summed E-state index contributed by atoms with van der Waals surface area (Å²) in [6.07, 6.45) is 3.45. The first-order valence-electron chi connectivity index (χ1n) is 11.6. The fourth-order valence-corrected chi connectivity index (χ4v) is 6.68. The molecule has 7 nitrogen and oxygen atoms in total. The quantitative estimate of drug-likeness (QED) is 0.526. The predicted octanol–water partition coefficient (Wildman–Crippen LogP) is 4.27. The van der Waals surface area contributed by atoms with E-state index in [-0.39, 0.29) is 5.91 Å². The summed E-state index contributed by atoms with van der Waals surface area (Å²) in [5, 5.41) is 4.81. The maximum Gasteiger partial charge on any atom is 0.263 e. The molecule has 1 saturated heterocycles. The second-order valence-corrected chi connectivity index (χ2v) is 11.2. The van der Waals surface area contributed by atoms with Gasteiger partial charge in [0, 0.05) is 25.3 Å². The van der Waals surface area contributed by atoms with Gasteiger partial charge in [0.15, 0.2) is 0 Å². The Balaban J connectivity index is 1.40. The lowest BCUT2D eigenvalue weighted by Crippen LogP contribution is -2.35. The number of fused-ring (bicyclic) bond motifs is 1. The molecule has 2 aromatic carbocycles. The molecule has 34 heavy (non-hydrogen) atoms. The van der Waals surface area contributed by atoms with Crippen LogP contribution in [0.15, 0.2) is 53.4 Å². The maximum atomic E-state index is 13.5. The standard InChI is InChI=1S/C25H27ClN4O3S/c1-18-23(24(26)30(27-18)17-19-8-4-2-5-9-19)25(31)29-15-12-20-16-21(10-11-22(20)29)34(32,33)28-13-6-3-7-14-28/h2,4-5,8-11,16H,3,6-7,12-15,17H2,1H3. The number of aromatic nitrogens is 2. The zero-order chi connectivity index (χ0) is 23.9. The number of anilines is 1. The highest BCUT2D eigenvalue weighted by Crippen LogP contribution is 2.34. The van der Waals surface area contributed by atoms with E-state index in [9.17, 15) is 13.2 Å². The van der Waals surface area contributed by atoms with Crippen molar-refractivity contribution in [3.8, 4) is 0 Å². The van der Waals surface area contributed by atoms with Gasteiger partial charge >= 0.3 is 0 Å². The molecule has 0 aliphatic carbocycles. The van der Waals surface area contributed by atoms with Crippen molar-refractivity contribution < 1.29 is 13.2 Å². The van der Waals surface area contributed by atoms with E-state index in [0.717, 1.165) is 36.1 Å². The van der Waals surface area contributed by atoms with Gasteiger partial charge in [-0.25, -0.2) is 13.1 Å². The Morgan fingerprint density at radius 2 is 1.76 bits per heavy atom. The van der Waals surface area contributed by atoms with Crippen LogP contribution in [0.3, 0.4) is 0 Å². The van der Waals surface area contributed by atoms with Gasteiger partial charge < -0.3 is 4.90 Å². The number of hydrogen-bond acceptors (Lipinski definition) is 4.